The second-order valence-corrected chi connectivity index (χ2v) is 4.97. The maximum atomic E-state index is 6.19. The molecular formula is C16H14ClO. The van der Waals surface area contributed by atoms with Gasteiger partial charge in [0.15, 0.2) is 0 Å². The number of halogens is 1. The summed E-state index contributed by atoms with van der Waals surface area (Å²) in [5, 5.41) is 0.663. The zero-order valence-electron chi connectivity index (χ0n) is 10.2. The summed E-state index contributed by atoms with van der Waals surface area (Å²) in [7, 11) is 1.67. The van der Waals surface area contributed by atoms with Gasteiger partial charge in [-0.05, 0) is 36.1 Å². The quantitative estimate of drug-likeness (QED) is 0.782. The standard InChI is InChI=1S/C16H14ClO/c1-18-16-14(7-4-8-15(16)17)13-10-9-11-5-2-3-6-12(11)13/h2-6,8,13H,9-10H2,1H3. The van der Waals surface area contributed by atoms with Crippen LogP contribution >= 0.6 is 11.6 Å². The zero-order chi connectivity index (χ0) is 12.5. The predicted molar refractivity (Wildman–Crippen MR) is 73.4 cm³/mol. The summed E-state index contributed by atoms with van der Waals surface area (Å²) >= 11 is 6.19. The fraction of sp³-hybridized carbons (Fsp3) is 0.250. The molecule has 0 bridgehead atoms. The number of hydrogen-bond donors (Lipinski definition) is 0. The van der Waals surface area contributed by atoms with E-state index in [9.17, 15) is 0 Å². The summed E-state index contributed by atoms with van der Waals surface area (Å²) in [6, 6.07) is 15.6. The third kappa shape index (κ3) is 1.79. The van der Waals surface area contributed by atoms with Gasteiger partial charge in [0, 0.05) is 11.5 Å². The van der Waals surface area contributed by atoms with E-state index < -0.39 is 0 Å². The van der Waals surface area contributed by atoms with E-state index in [0.717, 1.165) is 24.2 Å². The molecule has 0 aliphatic heterocycles. The SMILES string of the molecule is COc1c(C2CCc3ccccc32)[c]ccc1Cl. The van der Waals surface area contributed by atoms with Gasteiger partial charge in [-0.3, -0.25) is 0 Å². The van der Waals surface area contributed by atoms with Gasteiger partial charge >= 0.3 is 0 Å². The Morgan fingerprint density at radius 2 is 2.11 bits per heavy atom. The number of rotatable bonds is 2. The van der Waals surface area contributed by atoms with Crippen molar-refractivity contribution in [2.45, 2.75) is 18.8 Å². The lowest BCUT2D eigenvalue weighted by atomic mass is 9.92. The van der Waals surface area contributed by atoms with E-state index >= 15 is 0 Å². The maximum absolute atomic E-state index is 6.19. The molecule has 91 valence electrons. The molecule has 1 aliphatic rings. The molecule has 0 saturated heterocycles. The van der Waals surface area contributed by atoms with Gasteiger partial charge in [0.2, 0.25) is 0 Å². The monoisotopic (exact) mass is 257 g/mol. The van der Waals surface area contributed by atoms with Crippen molar-refractivity contribution in [3.05, 3.63) is 64.2 Å². The smallest absolute Gasteiger partial charge is 0.141 e. The van der Waals surface area contributed by atoms with Crippen LogP contribution in [-0.4, -0.2) is 7.11 Å². The average Bonchev–Trinajstić information content (AvgIpc) is 2.82. The minimum Gasteiger partial charge on any atom is -0.495 e. The molecule has 0 amide bonds. The number of fused-ring (bicyclic) bond motifs is 1. The topological polar surface area (TPSA) is 9.23 Å². The zero-order valence-corrected chi connectivity index (χ0v) is 11.0. The number of aryl methyl sites for hydroxylation is 1. The first kappa shape index (κ1) is 11.6. The lowest BCUT2D eigenvalue weighted by Crippen LogP contribution is -2.00. The van der Waals surface area contributed by atoms with Crippen LogP contribution in [0.1, 0.15) is 29.0 Å². The Hall–Kier alpha value is -1.47. The van der Waals surface area contributed by atoms with Crippen LogP contribution in [0.2, 0.25) is 5.02 Å². The Balaban J connectivity index is 2.10. The number of hydrogen-bond acceptors (Lipinski definition) is 1. The van der Waals surface area contributed by atoms with Gasteiger partial charge in [-0.1, -0.05) is 41.9 Å². The van der Waals surface area contributed by atoms with Gasteiger partial charge in [0.25, 0.3) is 0 Å². The predicted octanol–water partition coefficient (Wildman–Crippen LogP) is 4.23. The summed E-state index contributed by atoms with van der Waals surface area (Å²) in [5.41, 5.74) is 3.89. The van der Waals surface area contributed by atoms with Crippen LogP contribution in [0, 0.1) is 6.07 Å². The lowest BCUT2D eigenvalue weighted by Gasteiger charge is -2.16. The highest BCUT2D eigenvalue weighted by Crippen LogP contribution is 2.43. The Labute approximate surface area is 112 Å². The van der Waals surface area contributed by atoms with Gasteiger partial charge in [0.05, 0.1) is 12.1 Å². The third-order valence-electron chi connectivity index (χ3n) is 3.62. The minimum absolute atomic E-state index is 0.356. The lowest BCUT2D eigenvalue weighted by molar-refractivity contribution is 0.407. The summed E-state index contributed by atoms with van der Waals surface area (Å²) in [6.45, 7) is 0. The Kier molecular flexibility index (Phi) is 3.00. The second kappa shape index (κ2) is 4.66. The molecule has 0 heterocycles. The first-order valence-electron chi connectivity index (χ1n) is 6.13. The van der Waals surface area contributed by atoms with Crippen molar-refractivity contribution in [2.24, 2.45) is 0 Å². The summed E-state index contributed by atoms with van der Waals surface area (Å²) < 4.78 is 5.44. The van der Waals surface area contributed by atoms with Crippen molar-refractivity contribution < 1.29 is 4.74 Å². The van der Waals surface area contributed by atoms with E-state index in [-0.39, 0.29) is 0 Å². The Morgan fingerprint density at radius 1 is 1.28 bits per heavy atom. The Morgan fingerprint density at radius 3 is 2.94 bits per heavy atom. The van der Waals surface area contributed by atoms with Crippen LogP contribution in [0.15, 0.2) is 36.4 Å². The van der Waals surface area contributed by atoms with Gasteiger partial charge in [0.1, 0.15) is 5.75 Å². The summed E-state index contributed by atoms with van der Waals surface area (Å²) in [6.07, 6.45) is 2.22. The van der Waals surface area contributed by atoms with Gasteiger partial charge in [-0.2, -0.15) is 0 Å². The molecule has 1 radical (unpaired) electrons. The molecule has 2 heteroatoms. The Bertz CT molecular complexity index is 577. The van der Waals surface area contributed by atoms with E-state index in [1.54, 1.807) is 7.11 Å². The molecule has 1 nitrogen and oxygen atoms in total. The van der Waals surface area contributed by atoms with Gasteiger partial charge < -0.3 is 4.74 Å². The fourth-order valence-electron chi connectivity index (χ4n) is 2.80. The van der Waals surface area contributed by atoms with E-state index in [2.05, 4.69) is 30.3 Å². The number of ether oxygens (including phenoxy) is 1. The van der Waals surface area contributed by atoms with E-state index in [0.29, 0.717) is 10.9 Å². The van der Waals surface area contributed by atoms with E-state index in [1.165, 1.54) is 11.1 Å². The highest BCUT2D eigenvalue weighted by Gasteiger charge is 2.26. The molecule has 0 spiro atoms. The highest BCUT2D eigenvalue weighted by atomic mass is 35.5. The molecule has 0 fully saturated rings. The average molecular weight is 258 g/mol. The van der Waals surface area contributed by atoms with Crippen molar-refractivity contribution in [1.82, 2.24) is 0 Å². The van der Waals surface area contributed by atoms with Crippen molar-refractivity contribution >= 4 is 11.6 Å². The van der Waals surface area contributed by atoms with Crippen molar-refractivity contribution in [3.63, 3.8) is 0 Å². The normalized spacial score (nSPS) is 17.6. The minimum atomic E-state index is 0.356. The van der Waals surface area contributed by atoms with Crippen LogP contribution in [0.5, 0.6) is 5.75 Å². The summed E-state index contributed by atoms with van der Waals surface area (Å²) in [5.74, 6) is 1.12. The van der Waals surface area contributed by atoms with Crippen LogP contribution in [0.4, 0.5) is 0 Å². The molecular weight excluding hydrogens is 244 g/mol. The van der Waals surface area contributed by atoms with Crippen molar-refractivity contribution in [3.8, 4) is 5.75 Å². The molecule has 1 unspecified atom stereocenters. The number of methoxy groups -OCH3 is 1. The molecule has 1 aliphatic carbocycles. The van der Waals surface area contributed by atoms with Crippen molar-refractivity contribution in [1.29, 1.82) is 0 Å². The largest absolute Gasteiger partial charge is 0.495 e. The molecule has 18 heavy (non-hydrogen) atoms. The summed E-state index contributed by atoms with van der Waals surface area (Å²) in [4.78, 5) is 0. The van der Waals surface area contributed by atoms with Crippen molar-refractivity contribution in [2.75, 3.05) is 7.11 Å². The molecule has 0 saturated carbocycles. The molecule has 0 N–H and O–H groups in total. The third-order valence-corrected chi connectivity index (χ3v) is 3.91. The molecule has 0 aromatic heterocycles. The molecule has 2 aromatic carbocycles. The van der Waals surface area contributed by atoms with Crippen LogP contribution < -0.4 is 4.74 Å². The molecule has 3 rings (SSSR count). The molecule has 1 atom stereocenters. The van der Waals surface area contributed by atoms with Crippen LogP contribution in [0.3, 0.4) is 0 Å². The highest BCUT2D eigenvalue weighted by molar-refractivity contribution is 6.32. The van der Waals surface area contributed by atoms with Crippen LogP contribution in [-0.2, 0) is 6.42 Å². The van der Waals surface area contributed by atoms with Crippen LogP contribution in [0.25, 0.3) is 0 Å². The van der Waals surface area contributed by atoms with Gasteiger partial charge in [-0.15, -0.1) is 0 Å². The number of benzene rings is 2. The first-order valence-corrected chi connectivity index (χ1v) is 6.51. The van der Waals surface area contributed by atoms with E-state index in [4.69, 9.17) is 16.3 Å². The maximum Gasteiger partial charge on any atom is 0.141 e. The fourth-order valence-corrected chi connectivity index (χ4v) is 3.04. The van der Waals surface area contributed by atoms with Gasteiger partial charge in [-0.25, -0.2) is 0 Å². The van der Waals surface area contributed by atoms with E-state index in [1.807, 2.05) is 12.1 Å². The first-order chi connectivity index (χ1) is 8.81. The molecule has 2 aromatic rings. The second-order valence-electron chi connectivity index (χ2n) is 4.56.